The summed E-state index contributed by atoms with van der Waals surface area (Å²) < 4.78 is 14.0. The van der Waals surface area contributed by atoms with Gasteiger partial charge in [0, 0.05) is 0 Å². The number of nitrogens with zero attached hydrogens (tertiary/aromatic N) is 2. The van der Waals surface area contributed by atoms with Gasteiger partial charge in [-0.25, -0.2) is 18.7 Å². The first-order valence-corrected chi connectivity index (χ1v) is 8.49. The van der Waals surface area contributed by atoms with Gasteiger partial charge in [0.05, 0.1) is 7.05 Å². The standard InChI is InChI=1S/C19H25N2O4/c1-3-4-10-17(16-8-6-5-7-9-16)25-19(23)14-24-18(22)13-21-12-11-20(2)15-21/h5-9,11-12,15,17H,3-4,10,13-14H2,1-2H3/q+1. The van der Waals surface area contributed by atoms with Crippen LogP contribution >= 0.6 is 0 Å². The molecule has 2 aromatic rings. The van der Waals surface area contributed by atoms with E-state index in [9.17, 15) is 9.59 Å². The lowest BCUT2D eigenvalue weighted by Crippen LogP contribution is -2.25. The fraction of sp³-hybridized carbons (Fsp3) is 0.421. The van der Waals surface area contributed by atoms with Crippen LogP contribution in [-0.2, 0) is 32.7 Å². The summed E-state index contributed by atoms with van der Waals surface area (Å²) in [4.78, 5) is 23.8. The quantitative estimate of drug-likeness (QED) is 0.517. The maximum Gasteiger partial charge on any atom is 0.349 e. The Labute approximate surface area is 148 Å². The molecule has 0 aliphatic rings. The third-order valence-corrected chi connectivity index (χ3v) is 3.75. The van der Waals surface area contributed by atoms with Gasteiger partial charge < -0.3 is 9.47 Å². The van der Waals surface area contributed by atoms with Crippen LogP contribution in [0.4, 0.5) is 0 Å². The second-order valence-corrected chi connectivity index (χ2v) is 5.94. The van der Waals surface area contributed by atoms with E-state index < -0.39 is 11.9 Å². The van der Waals surface area contributed by atoms with E-state index in [1.807, 2.05) is 48.1 Å². The van der Waals surface area contributed by atoms with Gasteiger partial charge in [0.2, 0.25) is 6.33 Å². The second kappa shape index (κ2) is 9.61. The zero-order valence-electron chi connectivity index (χ0n) is 14.8. The Balaban J connectivity index is 1.82. The van der Waals surface area contributed by atoms with E-state index in [2.05, 4.69) is 6.92 Å². The molecule has 0 fully saturated rings. The summed E-state index contributed by atoms with van der Waals surface area (Å²) in [6, 6.07) is 9.63. The van der Waals surface area contributed by atoms with Crippen LogP contribution in [-0.4, -0.2) is 23.1 Å². The van der Waals surface area contributed by atoms with Crippen LogP contribution in [0.15, 0.2) is 49.1 Å². The molecule has 0 spiro atoms. The van der Waals surface area contributed by atoms with Gasteiger partial charge in [-0.3, -0.25) is 0 Å². The first-order chi connectivity index (χ1) is 12.1. The lowest BCUT2D eigenvalue weighted by molar-refractivity contribution is -0.671. The Morgan fingerprint density at radius 3 is 2.60 bits per heavy atom. The number of hydrogen-bond acceptors (Lipinski definition) is 4. The van der Waals surface area contributed by atoms with Crippen molar-refractivity contribution in [1.29, 1.82) is 0 Å². The third-order valence-electron chi connectivity index (χ3n) is 3.75. The molecule has 1 atom stereocenters. The topological polar surface area (TPSA) is 61.4 Å². The van der Waals surface area contributed by atoms with Crippen molar-refractivity contribution in [2.45, 2.75) is 38.8 Å². The molecular formula is C19H25N2O4+. The zero-order valence-corrected chi connectivity index (χ0v) is 14.8. The van der Waals surface area contributed by atoms with Crippen molar-refractivity contribution in [2.24, 2.45) is 7.05 Å². The number of aromatic nitrogens is 2. The maximum absolute atomic E-state index is 12.0. The molecule has 2 rings (SSSR count). The van der Waals surface area contributed by atoms with Gasteiger partial charge in [0.25, 0.3) is 0 Å². The molecule has 0 aliphatic heterocycles. The average molecular weight is 345 g/mol. The normalized spacial score (nSPS) is 11.8. The predicted octanol–water partition coefficient (Wildman–Crippen LogP) is 2.33. The van der Waals surface area contributed by atoms with Crippen LogP contribution < -0.4 is 4.57 Å². The lowest BCUT2D eigenvalue weighted by Gasteiger charge is -2.18. The summed E-state index contributed by atoms with van der Waals surface area (Å²) in [6.45, 7) is 1.78. The molecule has 1 heterocycles. The Hall–Kier alpha value is -2.63. The fourth-order valence-corrected chi connectivity index (χ4v) is 2.47. The fourth-order valence-electron chi connectivity index (χ4n) is 2.47. The highest BCUT2D eigenvalue weighted by Crippen LogP contribution is 2.23. The van der Waals surface area contributed by atoms with Gasteiger partial charge >= 0.3 is 11.9 Å². The van der Waals surface area contributed by atoms with E-state index in [-0.39, 0.29) is 19.3 Å². The minimum atomic E-state index is -0.531. The number of imidazole rings is 1. The largest absolute Gasteiger partial charge is 0.455 e. The monoisotopic (exact) mass is 345 g/mol. The summed E-state index contributed by atoms with van der Waals surface area (Å²) >= 11 is 0. The Kier molecular flexibility index (Phi) is 7.19. The number of carbonyl (C=O) groups excluding carboxylic acids is 2. The van der Waals surface area contributed by atoms with Crippen molar-refractivity contribution < 1.29 is 23.6 Å². The maximum atomic E-state index is 12.0. The molecule has 6 nitrogen and oxygen atoms in total. The van der Waals surface area contributed by atoms with Gasteiger partial charge in [-0.2, -0.15) is 0 Å². The highest BCUT2D eigenvalue weighted by Gasteiger charge is 2.18. The lowest BCUT2D eigenvalue weighted by atomic mass is 10.0. The number of esters is 2. The molecular weight excluding hydrogens is 320 g/mol. The number of aryl methyl sites for hydroxylation is 1. The highest BCUT2D eigenvalue weighted by atomic mass is 16.6. The minimum absolute atomic E-state index is 0.0616. The number of hydrogen-bond donors (Lipinski definition) is 0. The molecule has 0 aliphatic carbocycles. The van der Waals surface area contributed by atoms with Crippen LogP contribution in [0.5, 0.6) is 0 Å². The van der Waals surface area contributed by atoms with E-state index in [4.69, 9.17) is 9.47 Å². The zero-order chi connectivity index (χ0) is 18.1. The van der Waals surface area contributed by atoms with Crippen LogP contribution in [0.1, 0.15) is 37.9 Å². The first-order valence-electron chi connectivity index (χ1n) is 8.49. The Morgan fingerprint density at radius 1 is 1.20 bits per heavy atom. The molecule has 0 radical (unpaired) electrons. The van der Waals surface area contributed by atoms with E-state index in [1.165, 1.54) is 0 Å². The molecule has 1 unspecified atom stereocenters. The molecule has 0 saturated heterocycles. The van der Waals surface area contributed by atoms with E-state index in [0.29, 0.717) is 0 Å². The summed E-state index contributed by atoms with van der Waals surface area (Å²) in [5.41, 5.74) is 0.954. The summed E-state index contributed by atoms with van der Waals surface area (Å²) in [7, 11) is 1.86. The second-order valence-electron chi connectivity index (χ2n) is 5.94. The third kappa shape index (κ3) is 6.41. The van der Waals surface area contributed by atoms with E-state index in [0.717, 1.165) is 24.8 Å². The predicted molar refractivity (Wildman–Crippen MR) is 91.4 cm³/mol. The Morgan fingerprint density at radius 2 is 1.96 bits per heavy atom. The van der Waals surface area contributed by atoms with Gasteiger partial charge in [0.1, 0.15) is 18.5 Å². The first kappa shape index (κ1) is 18.7. The number of carbonyl (C=O) groups is 2. The van der Waals surface area contributed by atoms with Crippen molar-refractivity contribution in [3.8, 4) is 0 Å². The average Bonchev–Trinajstić information content (AvgIpc) is 3.02. The SMILES string of the molecule is CCCCC(OC(=O)COC(=O)Cn1cc[n+](C)c1)c1ccccc1. The number of unbranched alkanes of at least 4 members (excludes halogenated alkanes) is 1. The van der Waals surface area contributed by atoms with Gasteiger partial charge in [0.15, 0.2) is 13.2 Å². The molecule has 0 saturated carbocycles. The van der Waals surface area contributed by atoms with Crippen LogP contribution in [0.2, 0.25) is 0 Å². The molecule has 0 bridgehead atoms. The summed E-state index contributed by atoms with van der Waals surface area (Å²) in [6.07, 6.45) is 7.75. The summed E-state index contributed by atoms with van der Waals surface area (Å²) in [5.74, 6) is -1.01. The smallest absolute Gasteiger partial charge is 0.349 e. The Bertz CT molecular complexity index is 682. The van der Waals surface area contributed by atoms with E-state index in [1.54, 1.807) is 17.1 Å². The summed E-state index contributed by atoms with van der Waals surface area (Å²) in [5, 5.41) is 0. The molecule has 134 valence electrons. The van der Waals surface area contributed by atoms with Crippen molar-refractivity contribution in [1.82, 2.24) is 4.57 Å². The molecule has 0 N–H and O–H groups in total. The van der Waals surface area contributed by atoms with E-state index >= 15 is 0 Å². The van der Waals surface area contributed by atoms with Gasteiger partial charge in [-0.05, 0) is 18.4 Å². The number of benzene rings is 1. The van der Waals surface area contributed by atoms with Crippen molar-refractivity contribution in [3.63, 3.8) is 0 Å². The molecule has 0 amide bonds. The van der Waals surface area contributed by atoms with Crippen molar-refractivity contribution in [2.75, 3.05) is 6.61 Å². The number of ether oxygens (including phenoxy) is 2. The van der Waals surface area contributed by atoms with Crippen molar-refractivity contribution >= 4 is 11.9 Å². The van der Waals surface area contributed by atoms with Crippen LogP contribution in [0.3, 0.4) is 0 Å². The van der Waals surface area contributed by atoms with Crippen molar-refractivity contribution in [3.05, 3.63) is 54.6 Å². The van der Waals surface area contributed by atoms with Gasteiger partial charge in [-0.15, -0.1) is 0 Å². The van der Waals surface area contributed by atoms with Crippen LogP contribution in [0.25, 0.3) is 0 Å². The number of rotatable bonds is 9. The van der Waals surface area contributed by atoms with Crippen LogP contribution in [0, 0.1) is 0 Å². The minimum Gasteiger partial charge on any atom is -0.455 e. The molecule has 1 aromatic heterocycles. The van der Waals surface area contributed by atoms with Gasteiger partial charge in [-0.1, -0.05) is 43.7 Å². The highest BCUT2D eigenvalue weighted by molar-refractivity contribution is 5.76. The molecule has 25 heavy (non-hydrogen) atoms. The molecule has 1 aromatic carbocycles. The molecule has 6 heteroatoms.